The Balaban J connectivity index is 2.05. The van der Waals surface area contributed by atoms with Crippen LogP contribution in [0, 0.1) is 5.92 Å². The van der Waals surface area contributed by atoms with Gasteiger partial charge in [0.15, 0.2) is 0 Å². The molecule has 0 saturated carbocycles. The van der Waals surface area contributed by atoms with Crippen LogP contribution in [0.15, 0.2) is 30.9 Å². The second-order valence-electron chi connectivity index (χ2n) is 6.59. The van der Waals surface area contributed by atoms with Gasteiger partial charge in [-0.2, -0.15) is 0 Å². The number of nitrogens with zero attached hydrogens (tertiary/aromatic N) is 2. The molecule has 0 aromatic heterocycles. The van der Waals surface area contributed by atoms with Crippen LogP contribution in [0.4, 0.5) is 11.4 Å². The van der Waals surface area contributed by atoms with Crippen molar-refractivity contribution in [2.24, 2.45) is 5.92 Å². The highest BCUT2D eigenvalue weighted by Gasteiger charge is 2.36. The maximum Gasteiger partial charge on any atom is 0.224 e. The summed E-state index contributed by atoms with van der Waals surface area (Å²) in [6.07, 6.45) is 2.03. The summed E-state index contributed by atoms with van der Waals surface area (Å²) in [5.74, 6) is 0.729. The van der Waals surface area contributed by atoms with E-state index in [1.165, 1.54) is 11.3 Å². The SMILES string of the molecule is C=C[C@H]1c2cc(N3CCOCC3)ccc2N(C(C)=O)[C@@H](C)[C@@H]1C. The second-order valence-corrected chi connectivity index (χ2v) is 6.59. The molecule has 2 aliphatic heterocycles. The first-order chi connectivity index (χ1) is 11.0. The van der Waals surface area contributed by atoms with E-state index in [9.17, 15) is 4.79 Å². The second kappa shape index (κ2) is 6.36. The maximum atomic E-state index is 12.2. The third-order valence-corrected chi connectivity index (χ3v) is 5.33. The number of hydrogen-bond donors (Lipinski definition) is 0. The largest absolute Gasteiger partial charge is 0.378 e. The van der Waals surface area contributed by atoms with Gasteiger partial charge in [-0.3, -0.25) is 4.79 Å². The van der Waals surface area contributed by atoms with Crippen molar-refractivity contribution in [3.05, 3.63) is 36.4 Å². The molecule has 0 radical (unpaired) electrons. The van der Waals surface area contributed by atoms with Crippen LogP contribution < -0.4 is 9.80 Å². The number of benzene rings is 1. The number of ether oxygens (including phenoxy) is 1. The number of carbonyl (C=O) groups excluding carboxylic acids is 1. The van der Waals surface area contributed by atoms with Gasteiger partial charge in [0.2, 0.25) is 5.91 Å². The number of hydrogen-bond acceptors (Lipinski definition) is 3. The van der Waals surface area contributed by atoms with E-state index in [-0.39, 0.29) is 17.9 Å². The fourth-order valence-corrected chi connectivity index (χ4v) is 3.88. The minimum Gasteiger partial charge on any atom is -0.378 e. The minimum absolute atomic E-state index is 0.104. The number of carbonyl (C=O) groups is 1. The van der Waals surface area contributed by atoms with Gasteiger partial charge in [0.1, 0.15) is 0 Å². The number of fused-ring (bicyclic) bond motifs is 1. The monoisotopic (exact) mass is 314 g/mol. The van der Waals surface area contributed by atoms with E-state index in [1.54, 1.807) is 6.92 Å². The molecule has 3 atom stereocenters. The lowest BCUT2D eigenvalue weighted by molar-refractivity contribution is -0.117. The molecule has 1 amide bonds. The molecule has 0 bridgehead atoms. The maximum absolute atomic E-state index is 12.2. The lowest BCUT2D eigenvalue weighted by Crippen LogP contribution is -2.46. The molecule has 1 aromatic rings. The van der Waals surface area contributed by atoms with Crippen molar-refractivity contribution in [1.29, 1.82) is 0 Å². The molecular formula is C19H26N2O2. The van der Waals surface area contributed by atoms with Gasteiger partial charge in [-0.25, -0.2) is 0 Å². The van der Waals surface area contributed by atoms with E-state index in [1.807, 2.05) is 11.0 Å². The number of morpholine rings is 1. The Kier molecular flexibility index (Phi) is 4.44. The van der Waals surface area contributed by atoms with Crippen molar-refractivity contribution in [3.8, 4) is 0 Å². The van der Waals surface area contributed by atoms with Gasteiger partial charge in [-0.1, -0.05) is 13.0 Å². The Hall–Kier alpha value is -1.81. The molecule has 4 heteroatoms. The number of anilines is 2. The first-order valence-corrected chi connectivity index (χ1v) is 8.43. The van der Waals surface area contributed by atoms with E-state index in [4.69, 9.17) is 4.74 Å². The molecule has 0 spiro atoms. The molecule has 0 unspecified atom stereocenters. The molecule has 1 fully saturated rings. The van der Waals surface area contributed by atoms with E-state index < -0.39 is 0 Å². The number of rotatable bonds is 2. The molecular weight excluding hydrogens is 288 g/mol. The summed E-state index contributed by atoms with van der Waals surface area (Å²) in [6.45, 7) is 13.4. The molecule has 2 aliphatic rings. The standard InChI is InChI=1S/C19H26N2O2/c1-5-17-13(2)14(3)21(15(4)22)19-7-6-16(12-18(17)19)20-8-10-23-11-9-20/h5-7,12-14,17H,1,8-11H2,2-4H3/t13-,14-,17+/m0/s1. The third kappa shape index (κ3) is 2.76. The Labute approximate surface area is 138 Å². The fourth-order valence-electron chi connectivity index (χ4n) is 3.88. The Morgan fingerprint density at radius 3 is 2.61 bits per heavy atom. The van der Waals surface area contributed by atoms with Gasteiger partial charge in [0.05, 0.1) is 13.2 Å². The topological polar surface area (TPSA) is 32.8 Å². The molecule has 23 heavy (non-hydrogen) atoms. The average Bonchev–Trinajstić information content (AvgIpc) is 2.56. The zero-order valence-electron chi connectivity index (χ0n) is 14.3. The molecule has 4 nitrogen and oxygen atoms in total. The van der Waals surface area contributed by atoms with Gasteiger partial charge in [0, 0.05) is 43.3 Å². The van der Waals surface area contributed by atoms with Crippen molar-refractivity contribution in [1.82, 2.24) is 0 Å². The normalized spacial score (nSPS) is 27.5. The van der Waals surface area contributed by atoms with Gasteiger partial charge < -0.3 is 14.5 Å². The number of allylic oxidation sites excluding steroid dienone is 1. The van der Waals surface area contributed by atoms with E-state index in [2.05, 4.69) is 43.5 Å². The van der Waals surface area contributed by atoms with Gasteiger partial charge in [0.25, 0.3) is 0 Å². The van der Waals surface area contributed by atoms with Crippen LogP contribution >= 0.6 is 0 Å². The molecule has 3 rings (SSSR count). The van der Waals surface area contributed by atoms with Crippen LogP contribution in [0.25, 0.3) is 0 Å². The summed E-state index contributed by atoms with van der Waals surface area (Å²) in [4.78, 5) is 16.5. The Morgan fingerprint density at radius 2 is 2.00 bits per heavy atom. The Bertz CT molecular complexity index is 607. The van der Waals surface area contributed by atoms with E-state index in [0.717, 1.165) is 32.0 Å². The van der Waals surface area contributed by atoms with Crippen LogP contribution in [0.1, 0.15) is 32.3 Å². The Morgan fingerprint density at radius 1 is 1.30 bits per heavy atom. The predicted octanol–water partition coefficient (Wildman–Crippen LogP) is 3.18. The molecule has 1 aromatic carbocycles. The summed E-state index contributed by atoms with van der Waals surface area (Å²) < 4.78 is 5.45. The van der Waals surface area contributed by atoms with Crippen LogP contribution in [0.3, 0.4) is 0 Å². The van der Waals surface area contributed by atoms with Crippen LogP contribution in [0.5, 0.6) is 0 Å². The molecule has 1 saturated heterocycles. The zero-order chi connectivity index (χ0) is 16.6. The highest BCUT2D eigenvalue weighted by molar-refractivity contribution is 5.94. The quantitative estimate of drug-likeness (QED) is 0.786. The van der Waals surface area contributed by atoms with Gasteiger partial charge in [-0.05, 0) is 36.6 Å². The number of amides is 1. The smallest absolute Gasteiger partial charge is 0.224 e. The van der Waals surface area contributed by atoms with Gasteiger partial charge in [-0.15, -0.1) is 6.58 Å². The summed E-state index contributed by atoms with van der Waals surface area (Å²) in [5, 5.41) is 0. The molecule has 2 heterocycles. The lowest BCUT2D eigenvalue weighted by Gasteiger charge is -2.43. The van der Waals surface area contributed by atoms with Crippen molar-refractivity contribution >= 4 is 17.3 Å². The first kappa shape index (κ1) is 16.1. The summed E-state index contributed by atoms with van der Waals surface area (Å²) in [6, 6.07) is 6.64. The fraction of sp³-hybridized carbons (Fsp3) is 0.526. The van der Waals surface area contributed by atoms with Crippen LogP contribution in [-0.4, -0.2) is 38.3 Å². The minimum atomic E-state index is 0.104. The summed E-state index contributed by atoms with van der Waals surface area (Å²) in [7, 11) is 0. The zero-order valence-corrected chi connectivity index (χ0v) is 14.3. The van der Waals surface area contributed by atoms with Gasteiger partial charge >= 0.3 is 0 Å². The predicted molar refractivity (Wildman–Crippen MR) is 94.2 cm³/mol. The van der Waals surface area contributed by atoms with Crippen molar-refractivity contribution in [2.75, 3.05) is 36.1 Å². The first-order valence-electron chi connectivity index (χ1n) is 8.43. The molecule has 124 valence electrons. The lowest BCUT2D eigenvalue weighted by atomic mass is 9.77. The van der Waals surface area contributed by atoms with Crippen LogP contribution in [0.2, 0.25) is 0 Å². The molecule has 0 N–H and O–H groups in total. The highest BCUT2D eigenvalue weighted by Crippen LogP contribution is 2.44. The highest BCUT2D eigenvalue weighted by atomic mass is 16.5. The van der Waals surface area contributed by atoms with Crippen molar-refractivity contribution in [3.63, 3.8) is 0 Å². The average molecular weight is 314 g/mol. The summed E-state index contributed by atoms with van der Waals surface area (Å²) in [5.41, 5.74) is 3.46. The van der Waals surface area contributed by atoms with Crippen molar-refractivity contribution < 1.29 is 9.53 Å². The summed E-state index contributed by atoms with van der Waals surface area (Å²) >= 11 is 0. The molecule has 0 aliphatic carbocycles. The van der Waals surface area contributed by atoms with Crippen molar-refractivity contribution in [2.45, 2.75) is 32.7 Å². The third-order valence-electron chi connectivity index (χ3n) is 5.33. The van der Waals surface area contributed by atoms with E-state index >= 15 is 0 Å². The van der Waals surface area contributed by atoms with E-state index in [0.29, 0.717) is 5.92 Å². The van der Waals surface area contributed by atoms with Crippen LogP contribution in [-0.2, 0) is 9.53 Å².